The van der Waals surface area contributed by atoms with Gasteiger partial charge in [-0.15, -0.1) is 0 Å². The van der Waals surface area contributed by atoms with E-state index in [1.807, 2.05) is 0 Å². The van der Waals surface area contributed by atoms with Crippen LogP contribution in [0, 0.1) is 24.2 Å². The Kier molecular flexibility index (Phi) is 3.42. The highest BCUT2D eigenvalue weighted by atomic mass is 16.3. The lowest BCUT2D eigenvalue weighted by molar-refractivity contribution is 0.0844. The Balaban J connectivity index is 1.79. The van der Waals surface area contributed by atoms with E-state index in [9.17, 15) is 5.11 Å². The smallest absolute Gasteiger partial charge is 0.0849 e. The van der Waals surface area contributed by atoms with E-state index in [1.54, 1.807) is 0 Å². The van der Waals surface area contributed by atoms with E-state index in [2.05, 4.69) is 38.1 Å². The maximum absolute atomic E-state index is 10.8. The van der Waals surface area contributed by atoms with Gasteiger partial charge in [0.15, 0.2) is 0 Å². The molecule has 2 saturated carbocycles. The van der Waals surface area contributed by atoms with Crippen molar-refractivity contribution in [1.82, 2.24) is 0 Å². The molecule has 2 aliphatic carbocycles. The van der Waals surface area contributed by atoms with E-state index >= 15 is 0 Å². The quantitative estimate of drug-likeness (QED) is 0.819. The summed E-state index contributed by atoms with van der Waals surface area (Å²) in [5.41, 5.74) is 2.52. The van der Waals surface area contributed by atoms with Crippen molar-refractivity contribution in [3.8, 4) is 0 Å². The molecule has 0 radical (unpaired) electrons. The van der Waals surface area contributed by atoms with Crippen molar-refractivity contribution >= 4 is 0 Å². The summed E-state index contributed by atoms with van der Waals surface area (Å²) in [6.07, 6.45) is 7.86. The van der Waals surface area contributed by atoms with E-state index in [4.69, 9.17) is 0 Å². The fourth-order valence-electron chi connectivity index (χ4n) is 4.34. The lowest BCUT2D eigenvalue weighted by atomic mass is 9.89. The first-order chi connectivity index (χ1) is 9.14. The lowest BCUT2D eigenvalue weighted by Gasteiger charge is -2.21. The minimum atomic E-state index is -0.277. The zero-order valence-corrected chi connectivity index (χ0v) is 12.2. The van der Waals surface area contributed by atoms with Crippen molar-refractivity contribution in [1.29, 1.82) is 0 Å². The Morgan fingerprint density at radius 2 is 1.53 bits per heavy atom. The van der Waals surface area contributed by atoms with Crippen LogP contribution in [0.15, 0.2) is 24.3 Å². The molecule has 2 aliphatic rings. The second kappa shape index (κ2) is 4.94. The molecule has 3 rings (SSSR count). The molecule has 104 valence electrons. The van der Waals surface area contributed by atoms with E-state index in [1.165, 1.54) is 44.1 Å². The van der Waals surface area contributed by atoms with Crippen molar-refractivity contribution < 1.29 is 5.11 Å². The maximum atomic E-state index is 10.8. The number of fused-ring (bicyclic) bond motifs is 1. The van der Waals surface area contributed by atoms with Crippen LogP contribution in [-0.2, 0) is 0 Å². The standard InChI is InChI=1S/C18H26O/c1-13-9-11-14(12-10-13)17(19)18(2)15-7-5-3-4-6-8-16(15)18/h9-12,15-17,19H,3-8H2,1-2H3/t15-,16+,17?,18?. The van der Waals surface area contributed by atoms with Gasteiger partial charge in [0, 0.05) is 5.41 Å². The van der Waals surface area contributed by atoms with Crippen LogP contribution in [0.4, 0.5) is 0 Å². The predicted molar refractivity (Wildman–Crippen MR) is 78.9 cm³/mol. The van der Waals surface area contributed by atoms with Gasteiger partial charge < -0.3 is 5.11 Å². The van der Waals surface area contributed by atoms with Crippen LogP contribution >= 0.6 is 0 Å². The monoisotopic (exact) mass is 258 g/mol. The first kappa shape index (κ1) is 13.2. The summed E-state index contributed by atoms with van der Waals surface area (Å²) >= 11 is 0. The minimum absolute atomic E-state index is 0.138. The molecule has 4 atom stereocenters. The van der Waals surface area contributed by atoms with Gasteiger partial charge in [-0.25, -0.2) is 0 Å². The third-order valence-electron chi connectivity index (χ3n) is 5.74. The van der Waals surface area contributed by atoms with Gasteiger partial charge in [-0.2, -0.15) is 0 Å². The van der Waals surface area contributed by atoms with Gasteiger partial charge >= 0.3 is 0 Å². The number of hydrogen-bond donors (Lipinski definition) is 1. The molecule has 0 heterocycles. The molecule has 0 bridgehead atoms. The predicted octanol–water partition coefficient (Wildman–Crippen LogP) is 4.63. The molecular formula is C18H26O. The minimum Gasteiger partial charge on any atom is -0.388 e. The van der Waals surface area contributed by atoms with Crippen molar-refractivity contribution in [3.05, 3.63) is 35.4 Å². The lowest BCUT2D eigenvalue weighted by Crippen LogP contribution is -2.14. The van der Waals surface area contributed by atoms with Gasteiger partial charge in [0.05, 0.1) is 6.10 Å². The zero-order chi connectivity index (χ0) is 13.5. The number of benzene rings is 1. The Morgan fingerprint density at radius 1 is 1.00 bits per heavy atom. The van der Waals surface area contributed by atoms with Gasteiger partial charge in [-0.1, -0.05) is 62.4 Å². The summed E-state index contributed by atoms with van der Waals surface area (Å²) in [6, 6.07) is 8.45. The van der Waals surface area contributed by atoms with Gasteiger partial charge in [-0.05, 0) is 37.2 Å². The largest absolute Gasteiger partial charge is 0.388 e. The van der Waals surface area contributed by atoms with Gasteiger partial charge in [-0.3, -0.25) is 0 Å². The maximum Gasteiger partial charge on any atom is 0.0849 e. The van der Waals surface area contributed by atoms with Gasteiger partial charge in [0.1, 0.15) is 0 Å². The Labute approximate surface area is 117 Å². The van der Waals surface area contributed by atoms with Crippen LogP contribution in [-0.4, -0.2) is 5.11 Å². The van der Waals surface area contributed by atoms with Crippen LogP contribution in [0.1, 0.15) is 62.7 Å². The highest BCUT2D eigenvalue weighted by Gasteiger charge is 2.63. The van der Waals surface area contributed by atoms with Gasteiger partial charge in [0.2, 0.25) is 0 Å². The molecule has 2 unspecified atom stereocenters. The number of rotatable bonds is 2. The summed E-state index contributed by atoms with van der Waals surface area (Å²) in [7, 11) is 0. The topological polar surface area (TPSA) is 20.2 Å². The van der Waals surface area contributed by atoms with Crippen molar-refractivity contribution in [3.63, 3.8) is 0 Å². The Bertz CT molecular complexity index is 420. The molecule has 1 nitrogen and oxygen atoms in total. The second-order valence-electron chi connectivity index (χ2n) is 6.88. The molecular weight excluding hydrogens is 232 g/mol. The number of hydrogen-bond acceptors (Lipinski definition) is 1. The molecule has 1 aromatic carbocycles. The first-order valence-electron chi connectivity index (χ1n) is 7.88. The highest BCUT2D eigenvalue weighted by Crippen LogP contribution is 2.69. The normalized spacial score (nSPS) is 35.9. The summed E-state index contributed by atoms with van der Waals surface area (Å²) in [5.74, 6) is 1.51. The molecule has 1 aromatic rings. The van der Waals surface area contributed by atoms with Crippen molar-refractivity contribution in [2.24, 2.45) is 17.3 Å². The molecule has 0 spiro atoms. The average molecular weight is 258 g/mol. The van der Waals surface area contributed by atoms with E-state index in [-0.39, 0.29) is 11.5 Å². The summed E-state index contributed by atoms with van der Waals surface area (Å²) < 4.78 is 0. The van der Waals surface area contributed by atoms with E-state index in [0.29, 0.717) is 0 Å². The zero-order valence-electron chi connectivity index (χ0n) is 12.2. The Hall–Kier alpha value is -0.820. The first-order valence-corrected chi connectivity index (χ1v) is 7.88. The summed E-state index contributed by atoms with van der Waals surface area (Å²) in [5, 5.41) is 10.8. The van der Waals surface area contributed by atoms with Crippen LogP contribution in [0.25, 0.3) is 0 Å². The summed E-state index contributed by atoms with van der Waals surface area (Å²) in [4.78, 5) is 0. The third kappa shape index (κ3) is 2.23. The number of aliphatic hydroxyl groups excluding tert-OH is 1. The molecule has 2 fully saturated rings. The van der Waals surface area contributed by atoms with Crippen LogP contribution in [0.2, 0.25) is 0 Å². The number of aryl methyl sites for hydroxylation is 1. The Morgan fingerprint density at radius 3 is 2.05 bits per heavy atom. The molecule has 1 heteroatoms. The summed E-state index contributed by atoms with van der Waals surface area (Å²) in [6.45, 7) is 4.42. The van der Waals surface area contributed by atoms with Crippen LogP contribution < -0.4 is 0 Å². The van der Waals surface area contributed by atoms with E-state index < -0.39 is 0 Å². The molecule has 0 saturated heterocycles. The fraction of sp³-hybridized carbons (Fsp3) is 0.667. The SMILES string of the molecule is Cc1ccc(C(O)C2(C)[C@@H]3CCCCCC[C@@H]32)cc1. The molecule has 1 N–H and O–H groups in total. The molecule has 0 amide bonds. The fourth-order valence-corrected chi connectivity index (χ4v) is 4.34. The average Bonchev–Trinajstić information content (AvgIpc) is 2.92. The van der Waals surface area contributed by atoms with Crippen molar-refractivity contribution in [2.45, 2.75) is 58.5 Å². The molecule has 0 aromatic heterocycles. The van der Waals surface area contributed by atoms with E-state index in [0.717, 1.165) is 17.4 Å². The molecule has 0 aliphatic heterocycles. The van der Waals surface area contributed by atoms with Gasteiger partial charge in [0.25, 0.3) is 0 Å². The van der Waals surface area contributed by atoms with Crippen LogP contribution in [0.3, 0.4) is 0 Å². The van der Waals surface area contributed by atoms with Crippen LogP contribution in [0.5, 0.6) is 0 Å². The van der Waals surface area contributed by atoms with Crippen molar-refractivity contribution in [2.75, 3.05) is 0 Å². The number of aliphatic hydroxyl groups is 1. The third-order valence-corrected chi connectivity index (χ3v) is 5.74. The second-order valence-corrected chi connectivity index (χ2v) is 6.88. The molecule has 19 heavy (non-hydrogen) atoms. The highest BCUT2D eigenvalue weighted by molar-refractivity contribution is 5.28.